The third kappa shape index (κ3) is 8.35. The van der Waals surface area contributed by atoms with Gasteiger partial charge in [0.2, 0.25) is 0 Å². The summed E-state index contributed by atoms with van der Waals surface area (Å²) in [6, 6.07) is 41.7. The highest BCUT2D eigenvalue weighted by atomic mass is 19.2. The van der Waals surface area contributed by atoms with Crippen LogP contribution in [-0.4, -0.2) is 28.8 Å². The first-order chi connectivity index (χ1) is 30.6. The van der Waals surface area contributed by atoms with Crippen LogP contribution in [0.2, 0.25) is 0 Å². The maximum absolute atomic E-state index is 19.2. The molecule has 5 aromatic carbocycles. The van der Waals surface area contributed by atoms with Gasteiger partial charge in [-0.25, -0.2) is 0 Å². The van der Waals surface area contributed by atoms with Gasteiger partial charge >= 0.3 is 6.97 Å². The lowest BCUT2D eigenvalue weighted by Gasteiger charge is -2.35. The molecule has 0 fully saturated rings. The van der Waals surface area contributed by atoms with Crippen molar-refractivity contribution in [2.45, 2.75) is 131 Å². The summed E-state index contributed by atoms with van der Waals surface area (Å²) < 4.78 is 47.4. The zero-order valence-corrected chi connectivity index (χ0v) is 42.3. The number of halogens is 2. The van der Waals surface area contributed by atoms with Crippen LogP contribution in [0.15, 0.2) is 133 Å². The minimum Gasteiger partial charge on any atom is -0.496 e. The molecule has 0 saturated carbocycles. The van der Waals surface area contributed by atoms with Crippen LogP contribution >= 0.6 is 0 Å². The van der Waals surface area contributed by atoms with E-state index < -0.39 is 6.97 Å². The van der Waals surface area contributed by atoms with Crippen molar-refractivity contribution < 1.29 is 17.9 Å². The van der Waals surface area contributed by atoms with Gasteiger partial charge < -0.3 is 22.3 Å². The van der Waals surface area contributed by atoms with E-state index in [0.29, 0.717) is 34.1 Å². The second-order valence-corrected chi connectivity index (χ2v) is 23.8. The van der Waals surface area contributed by atoms with Crippen LogP contribution in [-0.2, 0) is 27.1 Å². The summed E-state index contributed by atoms with van der Waals surface area (Å²) in [5.74, 6) is 0.630. The first-order valence-electron chi connectivity index (χ1n) is 23.6. The van der Waals surface area contributed by atoms with E-state index in [1.807, 2.05) is 36.4 Å². The SMILES string of the molecule is COc1cc(C(C)(C)C)ccc1C1=C2C(c3ccc(C(C)(C)C)cc3)=CC(c3ccc(C(C)(C)C)cc3)=[N+]2[B-](F)(F)n2c(-c3ccc(C(C)(C)C)cc3)cc(-c3ccc(C(C)(C)C)cc3)c21. The average Bonchev–Trinajstić information content (AvgIpc) is 3.85. The molecule has 1 aromatic heterocycles. The molecule has 0 unspecified atom stereocenters. The van der Waals surface area contributed by atoms with Crippen LogP contribution in [0.3, 0.4) is 0 Å². The second-order valence-electron chi connectivity index (χ2n) is 23.8. The largest absolute Gasteiger partial charge is 0.737 e. The fourth-order valence-electron chi connectivity index (χ4n) is 9.52. The molecule has 6 heteroatoms. The van der Waals surface area contributed by atoms with Crippen LogP contribution in [0.4, 0.5) is 8.63 Å². The summed E-state index contributed by atoms with van der Waals surface area (Å²) in [5.41, 5.74) is 13.1. The molecule has 8 rings (SSSR count). The van der Waals surface area contributed by atoms with Gasteiger partial charge in [-0.3, -0.25) is 0 Å². The lowest BCUT2D eigenvalue weighted by atomic mass is 9.79. The van der Waals surface area contributed by atoms with E-state index in [9.17, 15) is 0 Å². The molecule has 0 spiro atoms. The van der Waals surface area contributed by atoms with E-state index >= 15 is 8.63 Å². The monoisotopic (exact) mass is 883 g/mol. The number of rotatable bonds is 6. The molecule has 2 aliphatic rings. The number of allylic oxidation sites excluding steroid dienone is 2. The van der Waals surface area contributed by atoms with Crippen molar-refractivity contribution in [3.05, 3.63) is 183 Å². The van der Waals surface area contributed by atoms with Gasteiger partial charge in [0.25, 0.3) is 0 Å². The molecule has 6 aromatic rings. The minimum absolute atomic E-state index is 0.0892. The number of hydrogen-bond donors (Lipinski definition) is 0. The zero-order chi connectivity index (χ0) is 48.1. The van der Waals surface area contributed by atoms with Crippen molar-refractivity contribution in [2.24, 2.45) is 0 Å². The fraction of sp³-hybridized carbons (Fsp3) is 0.350. The predicted octanol–water partition coefficient (Wildman–Crippen LogP) is 15.9. The van der Waals surface area contributed by atoms with Crippen LogP contribution in [0.5, 0.6) is 5.75 Å². The smallest absolute Gasteiger partial charge is 0.496 e. The molecule has 66 heavy (non-hydrogen) atoms. The highest BCUT2D eigenvalue weighted by Crippen LogP contribution is 2.53. The fourth-order valence-corrected chi connectivity index (χ4v) is 9.52. The van der Waals surface area contributed by atoms with Crippen molar-refractivity contribution in [1.82, 2.24) is 4.48 Å². The molecule has 0 N–H and O–H groups in total. The standard InChI is InChI=1S/C60H69BF2N2O/c1-56(2,3)42-25-17-38(18-26-42)48-36-50(40-21-29-44(30-22-40)58(7,8)9)64-54(48)53(47-34-33-46(60(13,14)15)35-52(47)66-16)55-49(39-19-27-43(28-20-39)57(4,5)6)37-51(65(55)61(64,62)63)41-23-31-45(32-24-41)59(10,11)12/h17-37H,1-16H3. The molecule has 3 nitrogen and oxygen atoms in total. The van der Waals surface area contributed by atoms with Crippen LogP contribution in [0.1, 0.15) is 154 Å². The Morgan fingerprint density at radius 2 is 0.848 bits per heavy atom. The van der Waals surface area contributed by atoms with E-state index in [2.05, 4.69) is 195 Å². The lowest BCUT2D eigenvalue weighted by Crippen LogP contribution is -2.51. The molecule has 0 saturated heterocycles. The van der Waals surface area contributed by atoms with Crippen molar-refractivity contribution in [2.75, 3.05) is 7.11 Å². The number of ether oxygens (including phenoxy) is 1. The third-order valence-corrected chi connectivity index (χ3v) is 13.7. The number of benzene rings is 5. The molecule has 0 aliphatic carbocycles. The van der Waals surface area contributed by atoms with Gasteiger partial charge in [0.05, 0.1) is 18.3 Å². The topological polar surface area (TPSA) is 17.2 Å². The molecule has 0 amide bonds. The van der Waals surface area contributed by atoms with Crippen molar-refractivity contribution >= 4 is 23.8 Å². The van der Waals surface area contributed by atoms with Gasteiger partial charge in [-0.05, 0) is 95.8 Å². The maximum atomic E-state index is 19.2. The molecule has 0 atom stereocenters. The molecular weight excluding hydrogens is 813 g/mol. The van der Waals surface area contributed by atoms with E-state index in [0.717, 1.165) is 55.6 Å². The van der Waals surface area contributed by atoms with E-state index in [1.165, 1.54) is 20.1 Å². The zero-order valence-electron chi connectivity index (χ0n) is 42.3. The Labute approximate surface area is 394 Å². The van der Waals surface area contributed by atoms with E-state index in [-0.39, 0.29) is 27.1 Å². The predicted molar refractivity (Wildman–Crippen MR) is 276 cm³/mol. The summed E-state index contributed by atoms with van der Waals surface area (Å²) in [5, 5.41) is 0. The van der Waals surface area contributed by atoms with Crippen LogP contribution < -0.4 is 4.74 Å². The summed E-state index contributed by atoms with van der Waals surface area (Å²) in [6.07, 6.45) is 2.00. The molecule has 342 valence electrons. The van der Waals surface area contributed by atoms with Crippen LogP contribution in [0, 0.1) is 0 Å². The summed E-state index contributed by atoms with van der Waals surface area (Å²) >= 11 is 0. The Kier molecular flexibility index (Phi) is 11.3. The molecule has 2 aliphatic heterocycles. The molecule has 0 bridgehead atoms. The highest BCUT2D eigenvalue weighted by Gasteiger charge is 2.57. The van der Waals surface area contributed by atoms with E-state index in [4.69, 9.17) is 4.74 Å². The first-order valence-corrected chi connectivity index (χ1v) is 23.6. The number of nitrogens with zero attached hydrogens (tertiary/aromatic N) is 2. The van der Waals surface area contributed by atoms with Gasteiger partial charge in [0, 0.05) is 34.2 Å². The lowest BCUT2D eigenvalue weighted by molar-refractivity contribution is -0.359. The summed E-state index contributed by atoms with van der Waals surface area (Å²) in [6.45, 7) is 28.2. The molecular formula is C60H69BF2N2O. The van der Waals surface area contributed by atoms with Crippen molar-refractivity contribution in [3.8, 4) is 28.1 Å². The summed E-state index contributed by atoms with van der Waals surface area (Å²) in [7, 11) is 1.69. The summed E-state index contributed by atoms with van der Waals surface area (Å²) in [4.78, 5) is 0. The number of fused-ring (bicyclic) bond motifs is 2. The Bertz CT molecular complexity index is 2930. The number of hydrogen-bond acceptors (Lipinski definition) is 1. The Morgan fingerprint density at radius 3 is 1.27 bits per heavy atom. The van der Waals surface area contributed by atoms with Gasteiger partial charge in [-0.15, -0.1) is 0 Å². The second kappa shape index (κ2) is 16.0. The number of aromatic nitrogens is 1. The average molecular weight is 883 g/mol. The van der Waals surface area contributed by atoms with Gasteiger partial charge in [0.1, 0.15) is 5.75 Å². The highest BCUT2D eigenvalue weighted by molar-refractivity contribution is 6.59. The van der Waals surface area contributed by atoms with E-state index in [1.54, 1.807) is 7.11 Å². The Balaban J connectivity index is 1.56. The van der Waals surface area contributed by atoms with Crippen molar-refractivity contribution in [1.29, 1.82) is 0 Å². The van der Waals surface area contributed by atoms with Crippen molar-refractivity contribution in [3.63, 3.8) is 0 Å². The molecule has 0 radical (unpaired) electrons. The van der Waals surface area contributed by atoms with Gasteiger partial charge in [-0.1, -0.05) is 201 Å². The molecule has 3 heterocycles. The Hall–Kier alpha value is -5.75. The maximum Gasteiger partial charge on any atom is 0.737 e. The normalized spacial score (nSPS) is 15.5. The quantitative estimate of drug-likeness (QED) is 0.152. The van der Waals surface area contributed by atoms with Gasteiger partial charge in [0.15, 0.2) is 11.4 Å². The Morgan fingerprint density at radius 1 is 0.455 bits per heavy atom. The minimum atomic E-state index is -4.57. The van der Waals surface area contributed by atoms with Crippen LogP contribution in [0.25, 0.3) is 33.5 Å². The first kappa shape index (κ1) is 46.8. The number of methoxy groups -OCH3 is 1. The van der Waals surface area contributed by atoms with Gasteiger partial charge in [-0.2, -0.15) is 0 Å². The third-order valence-electron chi connectivity index (χ3n) is 13.7.